The lowest BCUT2D eigenvalue weighted by Crippen LogP contribution is -2.44. The molecule has 0 spiro atoms. The first kappa shape index (κ1) is 31.8. The summed E-state index contributed by atoms with van der Waals surface area (Å²) in [5.74, 6) is 0.0214. The summed E-state index contributed by atoms with van der Waals surface area (Å²) in [5.41, 5.74) is 0.464. The Morgan fingerprint density at radius 3 is 2.19 bits per heavy atom. The van der Waals surface area contributed by atoms with Gasteiger partial charge in [0.05, 0.1) is 24.2 Å². The number of ether oxygens (including phenoxy) is 3. The molecule has 0 radical (unpaired) electrons. The van der Waals surface area contributed by atoms with Crippen LogP contribution < -0.4 is 10.5 Å². The number of nitrogens with two attached hydrogens (primary N) is 1. The molecule has 0 aliphatic heterocycles. The number of aliphatic imine (C=N–C) groups is 1. The van der Waals surface area contributed by atoms with E-state index in [0.29, 0.717) is 15.8 Å². The quantitative estimate of drug-likeness (QED) is 0.158. The van der Waals surface area contributed by atoms with E-state index in [1.807, 2.05) is 0 Å². The maximum atomic E-state index is 12.8. The molecule has 0 unspecified atom stereocenters. The molecular formula is C22H31BrF3N3O6S. The molecule has 0 saturated heterocycles. The summed E-state index contributed by atoms with van der Waals surface area (Å²) in [6, 6.07) is 4.91. The molecule has 1 aromatic carbocycles. The van der Waals surface area contributed by atoms with Gasteiger partial charge in [-0.1, -0.05) is 6.07 Å². The molecule has 0 saturated carbocycles. The van der Waals surface area contributed by atoms with Crippen LogP contribution in [0.15, 0.2) is 27.7 Å². The molecule has 0 aliphatic rings. The summed E-state index contributed by atoms with van der Waals surface area (Å²) in [4.78, 5) is 29.5. The van der Waals surface area contributed by atoms with Crippen molar-refractivity contribution in [2.24, 2.45) is 10.7 Å². The average molecular weight is 602 g/mol. The Balaban J connectivity index is 2.91. The number of hydrogen-bond acceptors (Lipinski definition) is 7. The monoisotopic (exact) mass is 601 g/mol. The van der Waals surface area contributed by atoms with Gasteiger partial charge in [-0.05, 0) is 75.2 Å². The third-order valence-corrected chi connectivity index (χ3v) is 4.70. The van der Waals surface area contributed by atoms with Gasteiger partial charge in [-0.15, -0.1) is 4.99 Å². The van der Waals surface area contributed by atoms with Gasteiger partial charge in [0, 0.05) is 6.42 Å². The molecule has 36 heavy (non-hydrogen) atoms. The van der Waals surface area contributed by atoms with Gasteiger partial charge in [-0.3, -0.25) is 0 Å². The van der Waals surface area contributed by atoms with Crippen LogP contribution in [0, 0.1) is 0 Å². The zero-order valence-electron chi connectivity index (χ0n) is 20.9. The van der Waals surface area contributed by atoms with Gasteiger partial charge in [0.15, 0.2) is 0 Å². The van der Waals surface area contributed by atoms with Crippen LogP contribution in [0.3, 0.4) is 0 Å². The largest absolute Gasteiger partial charge is 0.492 e. The summed E-state index contributed by atoms with van der Waals surface area (Å²) < 4.78 is 57.2. The number of carbonyl (C=O) groups excluding carboxylic acids is 2. The van der Waals surface area contributed by atoms with Crippen molar-refractivity contribution < 1.29 is 41.2 Å². The van der Waals surface area contributed by atoms with Gasteiger partial charge in [-0.25, -0.2) is 14.5 Å². The second-order valence-electron chi connectivity index (χ2n) is 9.33. The van der Waals surface area contributed by atoms with Crippen LogP contribution in [0.1, 0.15) is 53.5 Å². The number of nitrogens with zero attached hydrogens (tertiary/aromatic N) is 2. The van der Waals surface area contributed by atoms with Crippen molar-refractivity contribution in [3.05, 3.63) is 28.2 Å². The molecule has 0 aliphatic carbocycles. The van der Waals surface area contributed by atoms with E-state index in [4.69, 9.17) is 19.9 Å². The van der Waals surface area contributed by atoms with E-state index in [1.54, 1.807) is 59.7 Å². The van der Waals surface area contributed by atoms with Crippen molar-refractivity contribution in [2.45, 2.75) is 71.2 Å². The molecule has 1 rings (SSSR count). The molecule has 2 amide bonds. The summed E-state index contributed by atoms with van der Waals surface area (Å²) in [7, 11) is 0. The third kappa shape index (κ3) is 13.8. The Morgan fingerprint density at radius 1 is 1.06 bits per heavy atom. The number of guanidine groups is 1. The highest BCUT2D eigenvalue weighted by molar-refractivity contribution is 9.10. The lowest BCUT2D eigenvalue weighted by molar-refractivity contribution is -0.0398. The number of alkyl halides is 3. The van der Waals surface area contributed by atoms with Gasteiger partial charge < -0.3 is 24.1 Å². The van der Waals surface area contributed by atoms with Crippen LogP contribution in [0.4, 0.5) is 22.8 Å². The van der Waals surface area contributed by atoms with E-state index < -0.39 is 46.9 Å². The summed E-state index contributed by atoms with van der Waals surface area (Å²) >= 11 is 2.81. The molecule has 1 aromatic rings. The average Bonchev–Trinajstić information content (AvgIpc) is 2.66. The molecule has 0 aromatic heterocycles. The van der Waals surface area contributed by atoms with E-state index in [9.17, 15) is 22.8 Å². The Bertz CT molecular complexity index is 933. The van der Waals surface area contributed by atoms with Crippen LogP contribution in [-0.4, -0.2) is 53.0 Å². The van der Waals surface area contributed by atoms with Gasteiger partial charge in [-0.2, -0.15) is 13.2 Å². The normalized spacial score (nSPS) is 12.8. The Hall–Kier alpha value is -2.19. The van der Waals surface area contributed by atoms with Crippen molar-refractivity contribution in [3.63, 3.8) is 0 Å². The van der Waals surface area contributed by atoms with E-state index in [2.05, 4.69) is 25.1 Å². The second-order valence-corrected chi connectivity index (χ2v) is 11.1. The first-order valence-electron chi connectivity index (χ1n) is 10.7. The van der Waals surface area contributed by atoms with Crippen molar-refractivity contribution in [1.29, 1.82) is 0 Å². The van der Waals surface area contributed by atoms with E-state index in [0.717, 1.165) is 4.90 Å². The number of halogens is 4. The van der Waals surface area contributed by atoms with Crippen molar-refractivity contribution in [1.82, 2.24) is 4.90 Å². The fourth-order valence-electron chi connectivity index (χ4n) is 2.35. The van der Waals surface area contributed by atoms with Gasteiger partial charge >= 0.3 is 17.7 Å². The number of rotatable bonds is 8. The number of carbonyl (C=O) groups is 2. The van der Waals surface area contributed by atoms with E-state index in [-0.39, 0.29) is 26.2 Å². The highest BCUT2D eigenvalue weighted by Crippen LogP contribution is 2.31. The predicted molar refractivity (Wildman–Crippen MR) is 133 cm³/mol. The molecule has 0 bridgehead atoms. The molecule has 2 N–H and O–H groups in total. The Labute approximate surface area is 221 Å². The summed E-state index contributed by atoms with van der Waals surface area (Å²) in [6.07, 6.45) is -1.54. The first-order valence-corrected chi connectivity index (χ1v) is 12.3. The van der Waals surface area contributed by atoms with Gasteiger partial charge in [0.2, 0.25) is 5.96 Å². The van der Waals surface area contributed by atoms with Crippen molar-refractivity contribution in [2.75, 3.05) is 13.2 Å². The lowest BCUT2D eigenvalue weighted by Gasteiger charge is -2.27. The second kappa shape index (κ2) is 13.4. The van der Waals surface area contributed by atoms with Crippen LogP contribution >= 0.6 is 28.0 Å². The minimum absolute atomic E-state index is 0.0889. The van der Waals surface area contributed by atoms with Crippen molar-refractivity contribution in [3.8, 4) is 5.75 Å². The first-order chi connectivity index (χ1) is 16.4. The van der Waals surface area contributed by atoms with Gasteiger partial charge in [0.1, 0.15) is 29.0 Å². The van der Waals surface area contributed by atoms with Gasteiger partial charge in [0.25, 0.3) is 0 Å². The number of benzene rings is 1. The molecule has 0 atom stereocenters. The minimum Gasteiger partial charge on any atom is -0.492 e. The van der Waals surface area contributed by atoms with Crippen LogP contribution in [-0.2, 0) is 20.2 Å². The molecule has 0 heterocycles. The molecule has 204 valence electrons. The zero-order valence-corrected chi connectivity index (χ0v) is 23.3. The fraction of sp³-hybridized carbons (Fsp3) is 0.591. The molecule has 0 fully saturated rings. The standard InChI is InChI=1S/C22H31BrF3N3O6S/c1-20(2,3)34-18(30)28-17(27)29(19(31)35-21(4,5)6)13-14-8-9-16(15(23)12-14)32-10-7-11-33-36-22(24,25)26/h8-9,12H,7,10-11,13H2,1-6H3,(H2,27,28,30). The van der Waals surface area contributed by atoms with E-state index >= 15 is 0 Å². The molecule has 9 nitrogen and oxygen atoms in total. The molecular weight excluding hydrogens is 571 g/mol. The highest BCUT2D eigenvalue weighted by atomic mass is 79.9. The number of amides is 2. The summed E-state index contributed by atoms with van der Waals surface area (Å²) in [6.45, 7) is 9.93. The maximum absolute atomic E-state index is 12.8. The predicted octanol–water partition coefficient (Wildman–Crippen LogP) is 6.39. The SMILES string of the molecule is CC(C)(C)OC(=O)N=C(N)N(Cc1ccc(OCCCOSC(F)(F)F)c(Br)c1)C(=O)OC(C)(C)C. The van der Waals surface area contributed by atoms with Crippen molar-refractivity contribution >= 4 is 46.1 Å². The lowest BCUT2D eigenvalue weighted by atomic mass is 10.2. The fourth-order valence-corrected chi connectivity index (χ4v) is 3.22. The Morgan fingerprint density at radius 2 is 1.67 bits per heavy atom. The van der Waals surface area contributed by atoms with Crippen LogP contribution in [0.25, 0.3) is 0 Å². The highest BCUT2D eigenvalue weighted by Gasteiger charge is 2.30. The number of hydrogen-bond donors (Lipinski definition) is 1. The van der Waals surface area contributed by atoms with Crippen LogP contribution in [0.5, 0.6) is 5.75 Å². The maximum Gasteiger partial charge on any atom is 0.467 e. The van der Waals surface area contributed by atoms with Crippen LogP contribution in [0.2, 0.25) is 0 Å². The summed E-state index contributed by atoms with van der Waals surface area (Å²) in [5, 5.41) is 0. The minimum atomic E-state index is -4.45. The van der Waals surface area contributed by atoms with E-state index in [1.165, 1.54) is 0 Å². The molecule has 14 heteroatoms. The Kier molecular flexibility index (Phi) is 11.8. The smallest absolute Gasteiger partial charge is 0.467 e. The topological polar surface area (TPSA) is 113 Å². The third-order valence-electron chi connectivity index (χ3n) is 3.61. The zero-order chi connectivity index (χ0) is 27.7.